The van der Waals surface area contributed by atoms with Crippen LogP contribution in [0, 0.1) is 13.8 Å². The molecule has 7 heteroatoms. The van der Waals surface area contributed by atoms with Crippen LogP contribution in [0.3, 0.4) is 0 Å². The van der Waals surface area contributed by atoms with Gasteiger partial charge in [0.1, 0.15) is 5.76 Å². The summed E-state index contributed by atoms with van der Waals surface area (Å²) in [5.74, 6) is 1.48. The quantitative estimate of drug-likeness (QED) is 0.466. The molecule has 1 aromatic heterocycles. The van der Waals surface area contributed by atoms with E-state index < -0.39 is 0 Å². The molecule has 0 N–H and O–H groups in total. The highest BCUT2D eigenvalue weighted by molar-refractivity contribution is 8.03. The van der Waals surface area contributed by atoms with Crippen molar-refractivity contribution < 1.29 is 23.5 Å². The fourth-order valence-corrected chi connectivity index (χ4v) is 4.62. The number of rotatable bonds is 7. The average Bonchev–Trinajstić information content (AvgIpc) is 3.39. The van der Waals surface area contributed by atoms with Crippen molar-refractivity contribution in [3.8, 4) is 11.5 Å². The standard InChI is InChI=1S/C25H23NO5S/c1-15-7-8-16(2)19(12-15)26-24(27)22(17-9-10-20(29-3)21(13-17)30-4)23(25(26)28)32-14-18-6-5-11-31-18/h5-13H,14H2,1-4H3. The number of methoxy groups -OCH3 is 2. The van der Waals surface area contributed by atoms with E-state index in [-0.39, 0.29) is 11.8 Å². The van der Waals surface area contributed by atoms with Crippen LogP contribution in [0.2, 0.25) is 0 Å². The van der Waals surface area contributed by atoms with E-state index in [1.165, 1.54) is 23.8 Å². The molecule has 0 fully saturated rings. The molecule has 0 saturated heterocycles. The number of carbonyl (C=O) groups excluding carboxylic acids is 2. The number of anilines is 1. The maximum Gasteiger partial charge on any atom is 0.272 e. The third-order valence-corrected chi connectivity index (χ3v) is 6.35. The lowest BCUT2D eigenvalue weighted by molar-refractivity contribution is -0.119. The second kappa shape index (κ2) is 8.96. The van der Waals surface area contributed by atoms with E-state index in [0.29, 0.717) is 39.0 Å². The van der Waals surface area contributed by atoms with E-state index in [4.69, 9.17) is 13.9 Å². The highest BCUT2D eigenvalue weighted by atomic mass is 32.2. The van der Waals surface area contributed by atoms with Gasteiger partial charge in [0.15, 0.2) is 11.5 Å². The molecular formula is C25H23NO5S. The summed E-state index contributed by atoms with van der Waals surface area (Å²) < 4.78 is 16.2. The van der Waals surface area contributed by atoms with Crippen molar-refractivity contribution in [1.29, 1.82) is 0 Å². The third kappa shape index (κ3) is 3.91. The number of thioether (sulfide) groups is 1. The van der Waals surface area contributed by atoms with Gasteiger partial charge in [0, 0.05) is 0 Å². The molecule has 3 aromatic rings. The zero-order chi connectivity index (χ0) is 22.8. The molecule has 0 aliphatic carbocycles. The van der Waals surface area contributed by atoms with Crippen molar-refractivity contribution in [2.75, 3.05) is 19.1 Å². The first-order valence-electron chi connectivity index (χ1n) is 10.0. The zero-order valence-electron chi connectivity index (χ0n) is 18.3. The highest BCUT2D eigenvalue weighted by Gasteiger charge is 2.41. The Labute approximate surface area is 190 Å². The summed E-state index contributed by atoms with van der Waals surface area (Å²) in [7, 11) is 3.08. The Morgan fingerprint density at radius 2 is 1.72 bits per heavy atom. The molecular weight excluding hydrogens is 426 g/mol. The number of benzene rings is 2. The Bertz CT molecular complexity index is 1210. The first-order chi connectivity index (χ1) is 15.4. The second-order valence-corrected chi connectivity index (χ2v) is 8.36. The molecule has 2 heterocycles. The fourth-order valence-electron chi connectivity index (χ4n) is 3.61. The molecule has 1 aliphatic heterocycles. The van der Waals surface area contributed by atoms with Crippen molar-refractivity contribution in [1.82, 2.24) is 0 Å². The fraction of sp³-hybridized carbons (Fsp3) is 0.200. The number of nitrogens with zero attached hydrogens (tertiary/aromatic N) is 1. The number of aryl methyl sites for hydroxylation is 2. The molecule has 0 saturated carbocycles. The molecule has 0 unspecified atom stereocenters. The molecule has 0 atom stereocenters. The first-order valence-corrected chi connectivity index (χ1v) is 11.0. The molecule has 32 heavy (non-hydrogen) atoms. The lowest BCUT2D eigenvalue weighted by atomic mass is 10.0. The van der Waals surface area contributed by atoms with Crippen molar-refractivity contribution in [2.24, 2.45) is 0 Å². The molecule has 6 nitrogen and oxygen atoms in total. The molecule has 164 valence electrons. The predicted octanol–water partition coefficient (Wildman–Crippen LogP) is 5.13. The number of amides is 2. The number of ether oxygens (including phenoxy) is 2. The largest absolute Gasteiger partial charge is 0.493 e. The van der Waals surface area contributed by atoms with Crippen LogP contribution in [0.1, 0.15) is 22.5 Å². The Kier molecular flexibility index (Phi) is 6.10. The van der Waals surface area contributed by atoms with Gasteiger partial charge in [-0.3, -0.25) is 9.59 Å². The summed E-state index contributed by atoms with van der Waals surface area (Å²) >= 11 is 1.29. The van der Waals surface area contributed by atoms with Gasteiger partial charge in [-0.2, -0.15) is 0 Å². The Hall–Kier alpha value is -3.45. The van der Waals surface area contributed by atoms with Gasteiger partial charge in [0.2, 0.25) is 0 Å². The average molecular weight is 450 g/mol. The van der Waals surface area contributed by atoms with Crippen LogP contribution >= 0.6 is 11.8 Å². The van der Waals surface area contributed by atoms with Crippen LogP contribution in [0.15, 0.2) is 64.1 Å². The van der Waals surface area contributed by atoms with Crippen molar-refractivity contribution >= 4 is 34.8 Å². The molecule has 0 spiro atoms. The second-order valence-electron chi connectivity index (χ2n) is 7.38. The van der Waals surface area contributed by atoms with E-state index in [1.54, 1.807) is 37.6 Å². The van der Waals surface area contributed by atoms with Gasteiger partial charge < -0.3 is 13.9 Å². The Balaban J connectivity index is 1.82. The van der Waals surface area contributed by atoms with Gasteiger partial charge in [0.05, 0.1) is 42.4 Å². The minimum atomic E-state index is -0.363. The smallest absolute Gasteiger partial charge is 0.272 e. The Morgan fingerprint density at radius 3 is 2.41 bits per heavy atom. The van der Waals surface area contributed by atoms with E-state index in [0.717, 1.165) is 16.9 Å². The van der Waals surface area contributed by atoms with Crippen LogP contribution < -0.4 is 14.4 Å². The van der Waals surface area contributed by atoms with E-state index in [1.807, 2.05) is 38.1 Å². The van der Waals surface area contributed by atoms with E-state index in [9.17, 15) is 9.59 Å². The van der Waals surface area contributed by atoms with E-state index >= 15 is 0 Å². The summed E-state index contributed by atoms with van der Waals surface area (Å²) in [4.78, 5) is 28.8. The molecule has 4 rings (SSSR count). The Morgan fingerprint density at radius 1 is 0.938 bits per heavy atom. The lowest BCUT2D eigenvalue weighted by Gasteiger charge is -2.18. The number of imide groups is 1. The van der Waals surface area contributed by atoms with Gasteiger partial charge >= 0.3 is 0 Å². The van der Waals surface area contributed by atoms with Crippen molar-refractivity contribution in [3.63, 3.8) is 0 Å². The van der Waals surface area contributed by atoms with Gasteiger partial charge in [-0.05, 0) is 60.9 Å². The van der Waals surface area contributed by atoms with Gasteiger partial charge in [0.25, 0.3) is 11.8 Å². The number of hydrogen-bond acceptors (Lipinski definition) is 6. The number of hydrogen-bond donors (Lipinski definition) is 0. The van der Waals surface area contributed by atoms with Crippen LogP contribution in [0.4, 0.5) is 5.69 Å². The zero-order valence-corrected chi connectivity index (χ0v) is 19.1. The molecule has 2 amide bonds. The first kappa shape index (κ1) is 21.8. The van der Waals surface area contributed by atoms with Crippen molar-refractivity contribution in [2.45, 2.75) is 19.6 Å². The van der Waals surface area contributed by atoms with Crippen LogP contribution in [0.25, 0.3) is 5.57 Å². The number of furan rings is 1. The minimum Gasteiger partial charge on any atom is -0.493 e. The monoisotopic (exact) mass is 449 g/mol. The molecule has 1 aliphatic rings. The van der Waals surface area contributed by atoms with Crippen LogP contribution in [0.5, 0.6) is 11.5 Å². The SMILES string of the molecule is COc1ccc(C2=C(SCc3ccco3)C(=O)N(c3cc(C)ccc3C)C2=O)cc1OC. The lowest BCUT2D eigenvalue weighted by Crippen LogP contribution is -2.32. The summed E-state index contributed by atoms with van der Waals surface area (Å²) in [6.45, 7) is 3.82. The van der Waals surface area contributed by atoms with Gasteiger partial charge in [-0.15, -0.1) is 11.8 Å². The molecule has 2 aromatic carbocycles. The summed E-state index contributed by atoms with van der Waals surface area (Å²) in [5.41, 5.74) is 3.34. The molecule has 0 bridgehead atoms. The highest BCUT2D eigenvalue weighted by Crippen LogP contribution is 2.42. The van der Waals surface area contributed by atoms with Gasteiger partial charge in [-0.1, -0.05) is 18.2 Å². The van der Waals surface area contributed by atoms with Gasteiger partial charge in [-0.25, -0.2) is 4.90 Å². The van der Waals surface area contributed by atoms with Crippen LogP contribution in [-0.4, -0.2) is 26.0 Å². The van der Waals surface area contributed by atoms with Crippen LogP contribution in [-0.2, 0) is 15.3 Å². The molecule has 0 radical (unpaired) electrons. The van der Waals surface area contributed by atoms with E-state index in [2.05, 4.69) is 0 Å². The summed E-state index contributed by atoms with van der Waals surface area (Å²) in [5, 5.41) is 0. The summed E-state index contributed by atoms with van der Waals surface area (Å²) in [6.07, 6.45) is 1.59. The minimum absolute atomic E-state index is 0.341. The predicted molar refractivity (Wildman–Crippen MR) is 125 cm³/mol. The normalized spacial score (nSPS) is 13.8. The van der Waals surface area contributed by atoms with Crippen molar-refractivity contribution in [3.05, 3.63) is 82.1 Å². The maximum atomic E-state index is 13.6. The third-order valence-electron chi connectivity index (χ3n) is 5.26. The maximum absolute atomic E-state index is 13.6. The summed E-state index contributed by atoms with van der Waals surface area (Å²) in [6, 6.07) is 14.6. The number of carbonyl (C=O) groups is 2. The topological polar surface area (TPSA) is 69.0 Å².